The lowest BCUT2D eigenvalue weighted by molar-refractivity contribution is 0.270. The molecule has 19 heavy (non-hydrogen) atoms. The van der Waals surface area contributed by atoms with Crippen molar-refractivity contribution in [2.24, 2.45) is 5.41 Å². The first kappa shape index (κ1) is 11.9. The molecule has 2 aliphatic heterocycles. The summed E-state index contributed by atoms with van der Waals surface area (Å²) in [5.41, 5.74) is 0.594. The SMILES string of the molecule is c1ccc2sc(CN3CCC4(CCNC4)C3)cc2c1. The fourth-order valence-corrected chi connectivity index (χ4v) is 4.75. The average molecular weight is 272 g/mol. The van der Waals surface area contributed by atoms with Crippen LogP contribution < -0.4 is 5.32 Å². The van der Waals surface area contributed by atoms with Crippen LogP contribution in [0.1, 0.15) is 17.7 Å². The van der Waals surface area contributed by atoms with Gasteiger partial charge in [0, 0.05) is 29.2 Å². The van der Waals surface area contributed by atoms with E-state index in [0.717, 1.165) is 6.54 Å². The molecule has 0 saturated carbocycles. The molecule has 1 aromatic heterocycles. The molecular weight excluding hydrogens is 252 g/mol. The molecule has 4 rings (SSSR count). The molecule has 1 spiro atoms. The number of benzene rings is 1. The summed E-state index contributed by atoms with van der Waals surface area (Å²) in [7, 11) is 0. The van der Waals surface area contributed by atoms with E-state index in [1.807, 2.05) is 11.3 Å². The predicted molar refractivity (Wildman–Crippen MR) is 81.6 cm³/mol. The van der Waals surface area contributed by atoms with E-state index in [1.54, 1.807) is 0 Å². The van der Waals surface area contributed by atoms with Crippen LogP contribution in [0.5, 0.6) is 0 Å². The van der Waals surface area contributed by atoms with Crippen molar-refractivity contribution in [1.29, 1.82) is 0 Å². The van der Waals surface area contributed by atoms with Crippen LogP contribution in [0.25, 0.3) is 10.1 Å². The zero-order valence-corrected chi connectivity index (χ0v) is 12.0. The summed E-state index contributed by atoms with van der Waals surface area (Å²) in [6.45, 7) is 6.15. The lowest BCUT2D eigenvalue weighted by Gasteiger charge is -2.22. The number of hydrogen-bond donors (Lipinski definition) is 1. The van der Waals surface area contributed by atoms with E-state index in [4.69, 9.17) is 0 Å². The van der Waals surface area contributed by atoms with Crippen LogP contribution in [0.3, 0.4) is 0 Å². The van der Waals surface area contributed by atoms with Gasteiger partial charge in [-0.15, -0.1) is 11.3 Å². The first-order valence-electron chi connectivity index (χ1n) is 7.24. The summed E-state index contributed by atoms with van der Waals surface area (Å²) < 4.78 is 1.42. The minimum Gasteiger partial charge on any atom is -0.316 e. The molecule has 2 aliphatic rings. The van der Waals surface area contributed by atoms with Crippen LogP contribution in [-0.2, 0) is 6.54 Å². The Hall–Kier alpha value is -0.900. The second-order valence-corrected chi connectivity index (χ2v) is 7.31. The third-order valence-electron chi connectivity index (χ3n) is 4.71. The molecule has 100 valence electrons. The van der Waals surface area contributed by atoms with Gasteiger partial charge in [-0.25, -0.2) is 0 Å². The Bertz CT molecular complexity index is 550. The van der Waals surface area contributed by atoms with E-state index >= 15 is 0 Å². The first-order valence-corrected chi connectivity index (χ1v) is 8.05. The summed E-state index contributed by atoms with van der Waals surface area (Å²) in [5, 5.41) is 4.94. The minimum absolute atomic E-state index is 0.594. The second kappa shape index (κ2) is 4.58. The maximum atomic E-state index is 3.54. The molecule has 2 nitrogen and oxygen atoms in total. The van der Waals surface area contributed by atoms with Gasteiger partial charge in [-0.2, -0.15) is 0 Å². The summed E-state index contributed by atoms with van der Waals surface area (Å²) >= 11 is 1.96. The van der Waals surface area contributed by atoms with Gasteiger partial charge in [-0.05, 0) is 48.9 Å². The van der Waals surface area contributed by atoms with Crippen molar-refractivity contribution in [1.82, 2.24) is 10.2 Å². The molecule has 2 aromatic rings. The number of fused-ring (bicyclic) bond motifs is 1. The number of nitrogens with zero attached hydrogens (tertiary/aromatic N) is 1. The summed E-state index contributed by atoms with van der Waals surface area (Å²) in [6.07, 6.45) is 2.75. The van der Waals surface area contributed by atoms with Gasteiger partial charge in [0.25, 0.3) is 0 Å². The van der Waals surface area contributed by atoms with Gasteiger partial charge in [-0.3, -0.25) is 4.90 Å². The summed E-state index contributed by atoms with van der Waals surface area (Å²) in [4.78, 5) is 4.17. The van der Waals surface area contributed by atoms with Crippen molar-refractivity contribution in [2.45, 2.75) is 19.4 Å². The number of rotatable bonds is 2. The Labute approximate surface area is 118 Å². The molecule has 2 saturated heterocycles. The molecule has 1 atom stereocenters. The van der Waals surface area contributed by atoms with E-state index in [-0.39, 0.29) is 0 Å². The second-order valence-electron chi connectivity index (χ2n) is 6.14. The minimum atomic E-state index is 0.594. The van der Waals surface area contributed by atoms with Crippen molar-refractivity contribution in [3.63, 3.8) is 0 Å². The van der Waals surface area contributed by atoms with Crippen LogP contribution in [0.4, 0.5) is 0 Å². The highest BCUT2D eigenvalue weighted by atomic mass is 32.1. The number of hydrogen-bond acceptors (Lipinski definition) is 3. The maximum Gasteiger partial charge on any atom is 0.0346 e. The van der Waals surface area contributed by atoms with Crippen molar-refractivity contribution in [3.05, 3.63) is 35.2 Å². The van der Waals surface area contributed by atoms with E-state index in [1.165, 1.54) is 54.0 Å². The van der Waals surface area contributed by atoms with Gasteiger partial charge < -0.3 is 5.32 Å². The number of thiophene rings is 1. The normalized spacial score (nSPS) is 27.8. The van der Waals surface area contributed by atoms with Crippen LogP contribution in [0, 0.1) is 5.41 Å². The smallest absolute Gasteiger partial charge is 0.0346 e. The van der Waals surface area contributed by atoms with Crippen molar-refractivity contribution >= 4 is 21.4 Å². The predicted octanol–water partition coefficient (Wildman–Crippen LogP) is 3.09. The Kier molecular flexibility index (Phi) is 2.87. The molecule has 0 radical (unpaired) electrons. The molecule has 3 heterocycles. The lowest BCUT2D eigenvalue weighted by Crippen LogP contribution is -2.28. The van der Waals surface area contributed by atoms with Gasteiger partial charge >= 0.3 is 0 Å². The highest BCUT2D eigenvalue weighted by molar-refractivity contribution is 7.19. The highest BCUT2D eigenvalue weighted by Crippen LogP contribution is 2.37. The molecule has 0 aliphatic carbocycles. The van der Waals surface area contributed by atoms with E-state index in [2.05, 4.69) is 40.5 Å². The zero-order valence-electron chi connectivity index (χ0n) is 11.2. The summed E-state index contributed by atoms with van der Waals surface area (Å²) in [6, 6.07) is 11.1. The molecule has 0 amide bonds. The lowest BCUT2D eigenvalue weighted by atomic mass is 9.87. The van der Waals surface area contributed by atoms with Gasteiger partial charge in [0.1, 0.15) is 0 Å². The quantitative estimate of drug-likeness (QED) is 0.904. The van der Waals surface area contributed by atoms with E-state index < -0.39 is 0 Å². The molecule has 1 unspecified atom stereocenters. The van der Waals surface area contributed by atoms with Crippen LogP contribution in [-0.4, -0.2) is 31.1 Å². The topological polar surface area (TPSA) is 15.3 Å². The van der Waals surface area contributed by atoms with E-state index in [9.17, 15) is 0 Å². The third-order valence-corrected chi connectivity index (χ3v) is 5.81. The van der Waals surface area contributed by atoms with Gasteiger partial charge in [0.05, 0.1) is 0 Å². The van der Waals surface area contributed by atoms with Crippen molar-refractivity contribution in [3.8, 4) is 0 Å². The molecule has 3 heteroatoms. The Morgan fingerprint density at radius 1 is 1.26 bits per heavy atom. The Balaban J connectivity index is 1.49. The number of likely N-dealkylation sites (tertiary alicyclic amines) is 1. The Morgan fingerprint density at radius 3 is 3.05 bits per heavy atom. The fraction of sp³-hybridized carbons (Fsp3) is 0.500. The summed E-state index contributed by atoms with van der Waals surface area (Å²) in [5.74, 6) is 0. The number of nitrogens with one attached hydrogen (secondary N) is 1. The first-order chi connectivity index (χ1) is 9.33. The van der Waals surface area contributed by atoms with Crippen LogP contribution >= 0.6 is 11.3 Å². The third kappa shape index (κ3) is 2.20. The molecule has 2 fully saturated rings. The molecule has 1 N–H and O–H groups in total. The maximum absolute atomic E-state index is 3.54. The largest absolute Gasteiger partial charge is 0.316 e. The van der Waals surface area contributed by atoms with Crippen molar-refractivity contribution in [2.75, 3.05) is 26.2 Å². The van der Waals surface area contributed by atoms with Gasteiger partial charge in [0.2, 0.25) is 0 Å². The average Bonchev–Trinajstić information content (AvgIpc) is 3.11. The fourth-order valence-electron chi connectivity index (χ4n) is 3.64. The van der Waals surface area contributed by atoms with Crippen LogP contribution in [0.2, 0.25) is 0 Å². The van der Waals surface area contributed by atoms with Gasteiger partial charge in [0.15, 0.2) is 0 Å². The Morgan fingerprint density at radius 2 is 2.21 bits per heavy atom. The standard InChI is InChI=1S/C16H20N2S/c1-2-4-15-13(3-1)9-14(19-15)10-18-8-6-16(12-18)5-7-17-11-16/h1-4,9,17H,5-8,10-12H2. The van der Waals surface area contributed by atoms with Gasteiger partial charge in [-0.1, -0.05) is 18.2 Å². The van der Waals surface area contributed by atoms with Crippen LogP contribution in [0.15, 0.2) is 30.3 Å². The van der Waals surface area contributed by atoms with E-state index in [0.29, 0.717) is 5.41 Å². The zero-order chi connectivity index (χ0) is 12.7. The molecule has 1 aromatic carbocycles. The highest BCUT2D eigenvalue weighted by Gasteiger charge is 2.40. The molecule has 0 bridgehead atoms. The molecular formula is C16H20N2S. The van der Waals surface area contributed by atoms with Crippen molar-refractivity contribution < 1.29 is 0 Å². The monoisotopic (exact) mass is 272 g/mol.